The van der Waals surface area contributed by atoms with Gasteiger partial charge in [-0.25, -0.2) is 4.39 Å². The van der Waals surface area contributed by atoms with Gasteiger partial charge < -0.3 is 10.6 Å². The molecule has 4 heteroatoms. The molecule has 1 aromatic carbocycles. The number of aliphatic imine (C=N–C) groups is 1. The Morgan fingerprint density at radius 3 is 3.00 bits per heavy atom. The quantitative estimate of drug-likeness (QED) is 0.819. The van der Waals surface area contributed by atoms with Gasteiger partial charge in [-0.1, -0.05) is 6.07 Å². The van der Waals surface area contributed by atoms with Crippen LogP contribution in [0.15, 0.2) is 23.2 Å². The SMILES string of the molecule is NC1=NCC2(CCc3cc(F)ccc32)N1C1CC1. The maximum atomic E-state index is 13.3. The molecule has 3 aliphatic rings. The van der Waals surface area contributed by atoms with Crippen molar-refractivity contribution in [1.82, 2.24) is 4.90 Å². The molecule has 4 rings (SSSR count). The zero-order valence-corrected chi connectivity index (χ0v) is 10.2. The fourth-order valence-electron chi connectivity index (χ4n) is 3.57. The van der Waals surface area contributed by atoms with Gasteiger partial charge in [-0.05, 0) is 48.9 Å². The third-order valence-corrected chi connectivity index (χ3v) is 4.50. The maximum absolute atomic E-state index is 13.3. The summed E-state index contributed by atoms with van der Waals surface area (Å²) in [5, 5.41) is 0. The predicted molar refractivity (Wildman–Crippen MR) is 67.7 cm³/mol. The van der Waals surface area contributed by atoms with Crippen LogP contribution >= 0.6 is 0 Å². The zero-order valence-electron chi connectivity index (χ0n) is 10.2. The van der Waals surface area contributed by atoms with E-state index in [2.05, 4.69) is 9.89 Å². The summed E-state index contributed by atoms with van der Waals surface area (Å²) in [4.78, 5) is 6.76. The molecule has 1 saturated carbocycles. The van der Waals surface area contributed by atoms with E-state index in [1.54, 1.807) is 12.1 Å². The molecule has 1 unspecified atom stereocenters. The van der Waals surface area contributed by atoms with Crippen LogP contribution in [-0.2, 0) is 12.0 Å². The Morgan fingerprint density at radius 2 is 2.22 bits per heavy atom. The van der Waals surface area contributed by atoms with Crippen LogP contribution in [0, 0.1) is 5.82 Å². The summed E-state index contributed by atoms with van der Waals surface area (Å²) in [5.74, 6) is 0.533. The second-order valence-electron chi connectivity index (χ2n) is 5.61. The van der Waals surface area contributed by atoms with E-state index in [0.29, 0.717) is 12.0 Å². The molecular formula is C14H16FN3. The summed E-state index contributed by atoms with van der Waals surface area (Å²) in [6.45, 7) is 0.730. The van der Waals surface area contributed by atoms with E-state index < -0.39 is 0 Å². The van der Waals surface area contributed by atoms with Gasteiger partial charge in [0.05, 0.1) is 12.1 Å². The molecule has 0 amide bonds. The van der Waals surface area contributed by atoms with Crippen molar-refractivity contribution in [2.75, 3.05) is 6.54 Å². The number of hydrogen-bond acceptors (Lipinski definition) is 3. The first-order valence-electron chi connectivity index (χ1n) is 6.59. The number of nitrogens with two attached hydrogens (primary N) is 1. The van der Waals surface area contributed by atoms with Gasteiger partial charge in [0.1, 0.15) is 5.82 Å². The monoisotopic (exact) mass is 245 g/mol. The van der Waals surface area contributed by atoms with Crippen LogP contribution in [0.2, 0.25) is 0 Å². The van der Waals surface area contributed by atoms with Gasteiger partial charge in [-0.3, -0.25) is 4.99 Å². The van der Waals surface area contributed by atoms with Crippen molar-refractivity contribution in [1.29, 1.82) is 0 Å². The molecule has 1 spiro atoms. The number of nitrogens with zero attached hydrogens (tertiary/aromatic N) is 2. The van der Waals surface area contributed by atoms with E-state index in [4.69, 9.17) is 5.73 Å². The Hall–Kier alpha value is -1.58. The van der Waals surface area contributed by atoms with Crippen LogP contribution in [-0.4, -0.2) is 23.4 Å². The van der Waals surface area contributed by atoms with Crippen LogP contribution in [0.1, 0.15) is 30.4 Å². The number of benzene rings is 1. The number of aryl methyl sites for hydroxylation is 1. The molecule has 1 aromatic rings. The average molecular weight is 245 g/mol. The summed E-state index contributed by atoms with van der Waals surface area (Å²) < 4.78 is 13.3. The molecule has 0 aromatic heterocycles. The fraction of sp³-hybridized carbons (Fsp3) is 0.500. The molecule has 1 heterocycles. The minimum Gasteiger partial charge on any atom is -0.370 e. The molecule has 1 fully saturated rings. The topological polar surface area (TPSA) is 41.6 Å². The Labute approximate surface area is 105 Å². The Bertz CT molecular complexity index is 550. The van der Waals surface area contributed by atoms with Crippen LogP contribution < -0.4 is 5.73 Å². The molecular weight excluding hydrogens is 229 g/mol. The van der Waals surface area contributed by atoms with E-state index in [1.165, 1.54) is 18.4 Å². The molecule has 3 nitrogen and oxygen atoms in total. The summed E-state index contributed by atoms with van der Waals surface area (Å²) in [7, 11) is 0. The lowest BCUT2D eigenvalue weighted by Crippen LogP contribution is -2.49. The summed E-state index contributed by atoms with van der Waals surface area (Å²) in [5.41, 5.74) is 8.35. The molecule has 18 heavy (non-hydrogen) atoms. The summed E-state index contributed by atoms with van der Waals surface area (Å²) in [6, 6.07) is 5.71. The van der Waals surface area contributed by atoms with Crippen molar-refractivity contribution in [2.24, 2.45) is 10.7 Å². The minimum absolute atomic E-state index is 0.0751. The lowest BCUT2D eigenvalue weighted by molar-refractivity contribution is 0.193. The first-order chi connectivity index (χ1) is 8.71. The highest BCUT2D eigenvalue weighted by Gasteiger charge is 2.52. The van der Waals surface area contributed by atoms with Crippen LogP contribution in [0.5, 0.6) is 0 Å². The van der Waals surface area contributed by atoms with Gasteiger partial charge >= 0.3 is 0 Å². The highest BCUT2D eigenvalue weighted by molar-refractivity contribution is 5.82. The van der Waals surface area contributed by atoms with E-state index in [0.717, 1.165) is 24.9 Å². The summed E-state index contributed by atoms with van der Waals surface area (Å²) in [6.07, 6.45) is 4.34. The minimum atomic E-state index is -0.143. The number of rotatable bonds is 1. The molecule has 2 N–H and O–H groups in total. The number of halogens is 1. The van der Waals surface area contributed by atoms with Crippen molar-refractivity contribution >= 4 is 5.96 Å². The van der Waals surface area contributed by atoms with E-state index >= 15 is 0 Å². The van der Waals surface area contributed by atoms with Gasteiger partial charge in [-0.2, -0.15) is 0 Å². The van der Waals surface area contributed by atoms with Gasteiger partial charge in [0, 0.05) is 6.04 Å². The average Bonchev–Trinajstić information content (AvgIpc) is 3.04. The molecule has 0 bridgehead atoms. The standard InChI is InChI=1S/C14H16FN3/c15-10-1-4-12-9(7-10)5-6-14(12)8-17-13(16)18(14)11-2-3-11/h1,4,7,11H,2-3,5-6,8H2,(H2,16,17). The first-order valence-corrected chi connectivity index (χ1v) is 6.59. The highest BCUT2D eigenvalue weighted by Crippen LogP contribution is 2.48. The van der Waals surface area contributed by atoms with Crippen LogP contribution in [0.25, 0.3) is 0 Å². The van der Waals surface area contributed by atoms with E-state index in [9.17, 15) is 4.39 Å². The lowest BCUT2D eigenvalue weighted by atomic mass is 9.90. The third kappa shape index (κ3) is 1.21. The van der Waals surface area contributed by atoms with E-state index in [1.807, 2.05) is 6.07 Å². The molecule has 0 radical (unpaired) electrons. The van der Waals surface area contributed by atoms with Gasteiger partial charge in [0.2, 0.25) is 0 Å². The Balaban J connectivity index is 1.83. The van der Waals surface area contributed by atoms with E-state index in [-0.39, 0.29) is 11.4 Å². The van der Waals surface area contributed by atoms with Crippen molar-refractivity contribution in [3.05, 3.63) is 35.1 Å². The molecule has 1 aliphatic heterocycles. The van der Waals surface area contributed by atoms with Gasteiger partial charge in [0.15, 0.2) is 5.96 Å². The van der Waals surface area contributed by atoms with Gasteiger partial charge in [0.25, 0.3) is 0 Å². The molecule has 94 valence electrons. The fourth-order valence-corrected chi connectivity index (χ4v) is 3.57. The van der Waals surface area contributed by atoms with Crippen molar-refractivity contribution < 1.29 is 4.39 Å². The number of fused-ring (bicyclic) bond motifs is 2. The van der Waals surface area contributed by atoms with Crippen molar-refractivity contribution in [2.45, 2.75) is 37.3 Å². The van der Waals surface area contributed by atoms with Crippen LogP contribution in [0.3, 0.4) is 0 Å². The normalized spacial score (nSPS) is 29.8. The Kier molecular flexibility index (Phi) is 1.87. The van der Waals surface area contributed by atoms with Crippen molar-refractivity contribution in [3.63, 3.8) is 0 Å². The molecule has 0 saturated heterocycles. The summed E-state index contributed by atoms with van der Waals surface area (Å²) >= 11 is 0. The second kappa shape index (κ2) is 3.25. The predicted octanol–water partition coefficient (Wildman–Crippen LogP) is 1.76. The Morgan fingerprint density at radius 1 is 1.39 bits per heavy atom. The zero-order chi connectivity index (χ0) is 12.3. The molecule has 1 atom stereocenters. The first kappa shape index (κ1) is 10.4. The molecule has 2 aliphatic carbocycles. The maximum Gasteiger partial charge on any atom is 0.192 e. The second-order valence-corrected chi connectivity index (χ2v) is 5.61. The van der Waals surface area contributed by atoms with Crippen LogP contribution in [0.4, 0.5) is 4.39 Å². The van der Waals surface area contributed by atoms with Gasteiger partial charge in [-0.15, -0.1) is 0 Å². The third-order valence-electron chi connectivity index (χ3n) is 4.50. The smallest absolute Gasteiger partial charge is 0.192 e. The lowest BCUT2D eigenvalue weighted by Gasteiger charge is -2.37. The number of guanidine groups is 1. The van der Waals surface area contributed by atoms with Crippen molar-refractivity contribution in [3.8, 4) is 0 Å². The highest BCUT2D eigenvalue weighted by atomic mass is 19.1. The number of hydrogen-bond donors (Lipinski definition) is 1. The largest absolute Gasteiger partial charge is 0.370 e.